The number of aromatic nitrogens is 2. The van der Waals surface area contributed by atoms with Crippen LogP contribution < -0.4 is 16.0 Å². The summed E-state index contributed by atoms with van der Waals surface area (Å²) in [6, 6.07) is 0. The van der Waals surface area contributed by atoms with Crippen LogP contribution in [0.25, 0.3) is 0 Å². The highest BCUT2D eigenvalue weighted by atomic mass is 19.1. The fourth-order valence-electron chi connectivity index (χ4n) is 1.76. The molecule has 7 heteroatoms. The van der Waals surface area contributed by atoms with Crippen LogP contribution >= 0.6 is 0 Å². The molecule has 2 rings (SSSR count). The van der Waals surface area contributed by atoms with Crippen molar-refractivity contribution in [2.75, 3.05) is 25.6 Å². The molecular formula is C10H16FN5O. The Kier molecular flexibility index (Phi) is 3.70. The number of ether oxygens (including phenoxy) is 1. The fourth-order valence-corrected chi connectivity index (χ4v) is 1.76. The lowest BCUT2D eigenvalue weighted by Crippen LogP contribution is -2.36. The van der Waals surface area contributed by atoms with Crippen molar-refractivity contribution in [1.82, 2.24) is 14.9 Å². The van der Waals surface area contributed by atoms with Crippen LogP contribution in [0.15, 0.2) is 6.20 Å². The average Bonchev–Trinajstić information content (AvgIpc) is 2.35. The zero-order valence-electron chi connectivity index (χ0n) is 9.69. The van der Waals surface area contributed by atoms with E-state index < -0.39 is 5.82 Å². The van der Waals surface area contributed by atoms with Gasteiger partial charge in [0.25, 0.3) is 5.88 Å². The van der Waals surface area contributed by atoms with Gasteiger partial charge in [-0.15, -0.1) is 0 Å². The van der Waals surface area contributed by atoms with E-state index in [-0.39, 0.29) is 17.9 Å². The van der Waals surface area contributed by atoms with E-state index in [2.05, 4.69) is 27.3 Å². The Morgan fingerprint density at radius 3 is 2.88 bits per heavy atom. The number of anilines is 1. The molecular weight excluding hydrogens is 225 g/mol. The maximum absolute atomic E-state index is 13.4. The summed E-state index contributed by atoms with van der Waals surface area (Å²) in [5, 5.41) is 0. The van der Waals surface area contributed by atoms with Gasteiger partial charge in [0.1, 0.15) is 6.10 Å². The molecule has 1 aromatic heterocycles. The minimum absolute atomic E-state index is 0.00113. The third kappa shape index (κ3) is 3.01. The first-order valence-electron chi connectivity index (χ1n) is 5.53. The Labute approximate surface area is 99.0 Å². The number of nitrogens with two attached hydrogens (primary N) is 1. The van der Waals surface area contributed by atoms with E-state index in [0.717, 1.165) is 32.1 Å². The lowest BCUT2D eigenvalue weighted by molar-refractivity contribution is 0.105. The van der Waals surface area contributed by atoms with Gasteiger partial charge in [-0.05, 0) is 19.9 Å². The number of rotatable bonds is 3. The molecule has 0 aromatic carbocycles. The first-order chi connectivity index (χ1) is 8.19. The van der Waals surface area contributed by atoms with Gasteiger partial charge in [-0.1, -0.05) is 0 Å². The molecule has 3 N–H and O–H groups in total. The molecule has 94 valence electrons. The van der Waals surface area contributed by atoms with E-state index in [1.54, 1.807) is 0 Å². The molecule has 17 heavy (non-hydrogen) atoms. The molecule has 0 aliphatic carbocycles. The lowest BCUT2D eigenvalue weighted by Gasteiger charge is -2.28. The molecule has 6 nitrogen and oxygen atoms in total. The van der Waals surface area contributed by atoms with Gasteiger partial charge in [-0.2, -0.15) is 9.37 Å². The molecule has 1 fully saturated rings. The third-order valence-electron chi connectivity index (χ3n) is 2.78. The van der Waals surface area contributed by atoms with Crippen molar-refractivity contribution in [3.8, 4) is 5.88 Å². The van der Waals surface area contributed by atoms with Crippen molar-refractivity contribution in [3.63, 3.8) is 0 Å². The Morgan fingerprint density at radius 2 is 2.24 bits per heavy atom. The van der Waals surface area contributed by atoms with Gasteiger partial charge in [0.05, 0.1) is 6.20 Å². The molecule has 1 aromatic rings. The zero-order valence-corrected chi connectivity index (χ0v) is 9.69. The summed E-state index contributed by atoms with van der Waals surface area (Å²) in [5.41, 5.74) is 2.26. The summed E-state index contributed by atoms with van der Waals surface area (Å²) < 4.78 is 18.9. The van der Waals surface area contributed by atoms with Crippen LogP contribution in [0.5, 0.6) is 5.88 Å². The van der Waals surface area contributed by atoms with Crippen LogP contribution in [0.3, 0.4) is 0 Å². The molecule has 0 amide bonds. The van der Waals surface area contributed by atoms with Gasteiger partial charge in [-0.25, -0.2) is 10.8 Å². The number of nitrogens with zero attached hydrogens (tertiary/aromatic N) is 3. The largest absolute Gasteiger partial charge is 0.472 e. The molecule has 0 saturated carbocycles. The van der Waals surface area contributed by atoms with Crippen LogP contribution in [0.1, 0.15) is 12.8 Å². The second-order valence-corrected chi connectivity index (χ2v) is 4.11. The number of likely N-dealkylation sites (tertiary alicyclic amines) is 1. The summed E-state index contributed by atoms with van der Waals surface area (Å²) in [4.78, 5) is 9.71. The minimum Gasteiger partial charge on any atom is -0.472 e. The first-order valence-corrected chi connectivity index (χ1v) is 5.53. The summed E-state index contributed by atoms with van der Waals surface area (Å²) in [6.45, 7) is 1.89. The number of hydrogen-bond donors (Lipinski definition) is 2. The summed E-state index contributed by atoms with van der Waals surface area (Å²) >= 11 is 0. The number of halogens is 1. The number of piperidine rings is 1. The maximum Gasteiger partial charge on any atom is 0.255 e. The molecule has 0 atom stereocenters. The van der Waals surface area contributed by atoms with E-state index in [0.29, 0.717) is 0 Å². The Morgan fingerprint density at radius 1 is 1.53 bits per heavy atom. The molecule has 1 saturated heterocycles. The van der Waals surface area contributed by atoms with Crippen molar-refractivity contribution >= 4 is 5.95 Å². The molecule has 0 bridgehead atoms. The predicted octanol–water partition coefficient (Wildman–Crippen LogP) is 0.374. The molecule has 0 unspecified atom stereocenters. The van der Waals surface area contributed by atoms with Crippen LogP contribution in [-0.2, 0) is 0 Å². The maximum atomic E-state index is 13.4. The normalized spacial score (nSPS) is 18.1. The van der Waals surface area contributed by atoms with Crippen LogP contribution in [-0.4, -0.2) is 41.1 Å². The SMILES string of the molecule is CN1CCC(Oc2nc(NN)ncc2F)CC1. The Bertz CT molecular complexity index is 381. The quantitative estimate of drug-likeness (QED) is 0.588. The van der Waals surface area contributed by atoms with Crippen molar-refractivity contribution in [2.45, 2.75) is 18.9 Å². The number of nitrogens with one attached hydrogen (secondary N) is 1. The molecule has 2 heterocycles. The van der Waals surface area contributed by atoms with Crippen LogP contribution in [0.4, 0.5) is 10.3 Å². The van der Waals surface area contributed by atoms with Crippen LogP contribution in [0.2, 0.25) is 0 Å². The molecule has 0 radical (unpaired) electrons. The smallest absolute Gasteiger partial charge is 0.255 e. The first kappa shape index (κ1) is 12.0. The lowest BCUT2D eigenvalue weighted by atomic mass is 10.1. The fraction of sp³-hybridized carbons (Fsp3) is 0.600. The van der Waals surface area contributed by atoms with E-state index >= 15 is 0 Å². The molecule has 0 spiro atoms. The number of hydrogen-bond acceptors (Lipinski definition) is 6. The van der Waals surface area contributed by atoms with Crippen molar-refractivity contribution in [1.29, 1.82) is 0 Å². The second-order valence-electron chi connectivity index (χ2n) is 4.11. The van der Waals surface area contributed by atoms with Gasteiger partial charge >= 0.3 is 0 Å². The Balaban J connectivity index is 2.02. The highest BCUT2D eigenvalue weighted by Crippen LogP contribution is 2.20. The average molecular weight is 241 g/mol. The number of hydrazine groups is 1. The monoisotopic (exact) mass is 241 g/mol. The van der Waals surface area contributed by atoms with Gasteiger partial charge in [0.15, 0.2) is 0 Å². The highest BCUT2D eigenvalue weighted by molar-refractivity contribution is 5.26. The molecule has 1 aliphatic heterocycles. The molecule has 1 aliphatic rings. The zero-order chi connectivity index (χ0) is 12.3. The van der Waals surface area contributed by atoms with Crippen molar-refractivity contribution in [3.05, 3.63) is 12.0 Å². The van der Waals surface area contributed by atoms with Gasteiger partial charge in [0, 0.05) is 13.1 Å². The van der Waals surface area contributed by atoms with Crippen molar-refractivity contribution in [2.24, 2.45) is 5.84 Å². The van der Waals surface area contributed by atoms with Crippen LogP contribution in [0, 0.1) is 5.82 Å². The van der Waals surface area contributed by atoms with Crippen molar-refractivity contribution < 1.29 is 9.13 Å². The third-order valence-corrected chi connectivity index (χ3v) is 2.78. The standard InChI is InChI=1S/C10H16FN5O/c1-16-4-2-7(3-5-16)17-9-8(11)6-13-10(14-9)15-12/h6-7H,2-5,12H2,1H3,(H,13,14,15). The highest BCUT2D eigenvalue weighted by Gasteiger charge is 2.20. The minimum atomic E-state index is -0.567. The van der Waals surface area contributed by atoms with E-state index in [4.69, 9.17) is 10.6 Å². The van der Waals surface area contributed by atoms with E-state index in [1.807, 2.05) is 0 Å². The van der Waals surface area contributed by atoms with E-state index in [1.165, 1.54) is 0 Å². The second kappa shape index (κ2) is 5.24. The Hall–Kier alpha value is -1.47. The predicted molar refractivity (Wildman–Crippen MR) is 60.9 cm³/mol. The van der Waals surface area contributed by atoms with Gasteiger partial charge in [0.2, 0.25) is 11.8 Å². The van der Waals surface area contributed by atoms with Gasteiger partial charge < -0.3 is 9.64 Å². The van der Waals surface area contributed by atoms with Gasteiger partial charge in [-0.3, -0.25) is 5.43 Å². The summed E-state index contributed by atoms with van der Waals surface area (Å²) in [6.07, 6.45) is 2.78. The topological polar surface area (TPSA) is 76.3 Å². The summed E-state index contributed by atoms with van der Waals surface area (Å²) in [7, 11) is 2.05. The summed E-state index contributed by atoms with van der Waals surface area (Å²) in [5.74, 6) is 4.70. The van der Waals surface area contributed by atoms with E-state index in [9.17, 15) is 4.39 Å². The number of nitrogen functional groups attached to an aromatic ring is 1.